The summed E-state index contributed by atoms with van der Waals surface area (Å²) in [6.07, 6.45) is 8.10. The standard InChI is InChI=1S/C28H33N7O5/c29-34-33-24-16-14-23(15-17-24)32-31-22-12-10-21(11-13-22)28(39)30-20-8-6-4-2-1-3-5-7-9-27(38)40-35-25(36)18-19-26(35)37/h10-17H,1-9,18-20H2,(H,30,39). The summed E-state index contributed by atoms with van der Waals surface area (Å²) in [5.74, 6) is -1.59. The summed E-state index contributed by atoms with van der Waals surface area (Å²) in [5.41, 5.74) is 10.7. The Balaban J connectivity index is 1.19. The van der Waals surface area contributed by atoms with Gasteiger partial charge in [-0.25, -0.2) is 4.79 Å². The number of nitrogens with one attached hydrogen (secondary N) is 1. The second kappa shape index (κ2) is 16.4. The number of rotatable bonds is 16. The average Bonchev–Trinajstić information content (AvgIpc) is 3.28. The number of nitrogens with zero attached hydrogens (tertiary/aromatic N) is 6. The number of benzene rings is 2. The van der Waals surface area contributed by atoms with E-state index < -0.39 is 17.8 Å². The van der Waals surface area contributed by atoms with Gasteiger partial charge in [-0.15, -0.1) is 5.06 Å². The third-order valence-electron chi connectivity index (χ3n) is 6.21. The SMILES string of the molecule is [N-]=[N+]=Nc1ccc(N=Nc2ccc(C(=O)NCCCCCCCCCCC(=O)ON3C(=O)CCC3=O)cc2)cc1. The first-order chi connectivity index (χ1) is 19.5. The second-order valence-electron chi connectivity index (χ2n) is 9.33. The summed E-state index contributed by atoms with van der Waals surface area (Å²) < 4.78 is 0. The fraction of sp³-hybridized carbons (Fsp3) is 0.429. The van der Waals surface area contributed by atoms with Gasteiger partial charge in [0, 0.05) is 42.0 Å². The minimum absolute atomic E-state index is 0.0991. The van der Waals surface area contributed by atoms with Crippen molar-refractivity contribution in [3.05, 3.63) is 64.5 Å². The van der Waals surface area contributed by atoms with Gasteiger partial charge in [0.25, 0.3) is 17.7 Å². The van der Waals surface area contributed by atoms with Crippen molar-refractivity contribution in [2.24, 2.45) is 15.3 Å². The smallest absolute Gasteiger partial charge is 0.333 e. The van der Waals surface area contributed by atoms with E-state index in [-0.39, 0.29) is 25.2 Å². The molecule has 3 amide bonds. The summed E-state index contributed by atoms with van der Waals surface area (Å²) in [5, 5.41) is 15.3. The van der Waals surface area contributed by atoms with Crippen LogP contribution in [0.3, 0.4) is 0 Å². The normalized spacial score (nSPS) is 12.9. The minimum atomic E-state index is -0.542. The second-order valence-corrected chi connectivity index (χ2v) is 9.33. The zero-order valence-electron chi connectivity index (χ0n) is 22.3. The van der Waals surface area contributed by atoms with E-state index >= 15 is 0 Å². The number of unbranched alkanes of at least 4 members (excludes halogenated alkanes) is 7. The third kappa shape index (κ3) is 10.3. The molecule has 1 fully saturated rings. The van der Waals surface area contributed by atoms with Crippen LogP contribution in [0.15, 0.2) is 63.9 Å². The van der Waals surface area contributed by atoms with E-state index in [1.54, 1.807) is 48.5 Å². The number of amides is 3. The lowest BCUT2D eigenvalue weighted by molar-refractivity contribution is -0.197. The van der Waals surface area contributed by atoms with Crippen LogP contribution in [0.1, 0.15) is 81.0 Å². The van der Waals surface area contributed by atoms with E-state index in [1.807, 2.05) is 0 Å². The maximum absolute atomic E-state index is 12.4. The van der Waals surface area contributed by atoms with Crippen molar-refractivity contribution < 1.29 is 24.0 Å². The molecule has 2 aromatic carbocycles. The molecule has 12 nitrogen and oxygen atoms in total. The Kier molecular flexibility index (Phi) is 12.3. The first kappa shape index (κ1) is 30.0. The monoisotopic (exact) mass is 547 g/mol. The quantitative estimate of drug-likeness (QED) is 0.0792. The molecular formula is C28H33N7O5. The van der Waals surface area contributed by atoms with Crippen LogP contribution in [0, 0.1) is 0 Å². The first-order valence-electron chi connectivity index (χ1n) is 13.5. The Hall–Kier alpha value is -4.57. The predicted octanol–water partition coefficient (Wildman–Crippen LogP) is 6.89. The van der Waals surface area contributed by atoms with Crippen LogP contribution in [-0.2, 0) is 19.2 Å². The number of imide groups is 1. The molecule has 0 atom stereocenters. The van der Waals surface area contributed by atoms with Crippen molar-refractivity contribution in [1.29, 1.82) is 0 Å². The van der Waals surface area contributed by atoms with E-state index in [0.717, 1.165) is 44.9 Å². The molecule has 210 valence electrons. The number of carbonyl (C=O) groups excluding carboxylic acids is 4. The molecule has 0 spiro atoms. The van der Waals surface area contributed by atoms with Gasteiger partial charge in [-0.3, -0.25) is 14.4 Å². The maximum Gasteiger partial charge on any atom is 0.333 e. The lowest BCUT2D eigenvalue weighted by Gasteiger charge is -2.12. The van der Waals surface area contributed by atoms with Crippen molar-refractivity contribution in [2.45, 2.75) is 70.6 Å². The summed E-state index contributed by atoms with van der Waals surface area (Å²) in [4.78, 5) is 54.6. The van der Waals surface area contributed by atoms with Gasteiger partial charge in [0.05, 0.1) is 11.4 Å². The van der Waals surface area contributed by atoms with Gasteiger partial charge in [-0.05, 0) is 54.8 Å². The van der Waals surface area contributed by atoms with Crippen LogP contribution in [-0.4, -0.2) is 35.3 Å². The van der Waals surface area contributed by atoms with Gasteiger partial charge in [0.1, 0.15) is 0 Å². The Morgan fingerprint density at radius 1 is 0.775 bits per heavy atom. The number of azo groups is 1. The summed E-state index contributed by atoms with van der Waals surface area (Å²) in [6.45, 7) is 0.607. The first-order valence-corrected chi connectivity index (χ1v) is 13.5. The number of carbonyl (C=O) groups is 4. The molecule has 2 aromatic rings. The van der Waals surface area contributed by atoms with Gasteiger partial charge in [-0.2, -0.15) is 10.2 Å². The fourth-order valence-electron chi connectivity index (χ4n) is 4.00. The highest BCUT2D eigenvalue weighted by Gasteiger charge is 2.32. The van der Waals surface area contributed by atoms with E-state index in [4.69, 9.17) is 10.4 Å². The van der Waals surface area contributed by atoms with Crippen molar-refractivity contribution in [1.82, 2.24) is 10.4 Å². The minimum Gasteiger partial charge on any atom is -0.352 e. The number of hydrogen-bond acceptors (Lipinski definition) is 8. The molecule has 12 heteroatoms. The molecule has 0 unspecified atom stereocenters. The van der Waals surface area contributed by atoms with Gasteiger partial charge in [-0.1, -0.05) is 55.8 Å². The van der Waals surface area contributed by atoms with E-state index in [0.29, 0.717) is 40.7 Å². The van der Waals surface area contributed by atoms with Crippen LogP contribution in [0.5, 0.6) is 0 Å². The summed E-state index contributed by atoms with van der Waals surface area (Å²) in [6, 6.07) is 13.6. The molecule has 1 N–H and O–H groups in total. The Morgan fingerprint density at radius 2 is 1.27 bits per heavy atom. The number of azide groups is 1. The van der Waals surface area contributed by atoms with Crippen LogP contribution in [0.4, 0.5) is 17.1 Å². The number of hydroxylamine groups is 2. The van der Waals surface area contributed by atoms with Crippen LogP contribution in [0.2, 0.25) is 0 Å². The zero-order chi connectivity index (χ0) is 28.6. The highest BCUT2D eigenvalue weighted by Crippen LogP contribution is 2.22. The Labute approximate surface area is 232 Å². The third-order valence-corrected chi connectivity index (χ3v) is 6.21. The maximum atomic E-state index is 12.4. The largest absolute Gasteiger partial charge is 0.352 e. The molecule has 40 heavy (non-hydrogen) atoms. The van der Waals surface area contributed by atoms with Crippen molar-refractivity contribution in [3.63, 3.8) is 0 Å². The van der Waals surface area contributed by atoms with Gasteiger partial charge in [0.15, 0.2) is 0 Å². The summed E-state index contributed by atoms with van der Waals surface area (Å²) >= 11 is 0. The van der Waals surface area contributed by atoms with E-state index in [9.17, 15) is 19.2 Å². The van der Waals surface area contributed by atoms with Crippen LogP contribution < -0.4 is 5.32 Å². The highest BCUT2D eigenvalue weighted by atomic mass is 16.7. The van der Waals surface area contributed by atoms with Crippen molar-refractivity contribution >= 4 is 40.8 Å². The Bertz CT molecular complexity index is 1220. The topological polar surface area (TPSA) is 166 Å². The van der Waals surface area contributed by atoms with Crippen LogP contribution >= 0.6 is 0 Å². The summed E-state index contributed by atoms with van der Waals surface area (Å²) in [7, 11) is 0. The van der Waals surface area contributed by atoms with Crippen LogP contribution in [0.25, 0.3) is 10.4 Å². The van der Waals surface area contributed by atoms with Gasteiger partial charge >= 0.3 is 5.97 Å². The highest BCUT2D eigenvalue weighted by molar-refractivity contribution is 6.01. The molecule has 0 saturated carbocycles. The molecule has 0 radical (unpaired) electrons. The molecule has 1 heterocycles. The molecule has 0 aliphatic carbocycles. The molecule has 1 aliphatic rings. The fourth-order valence-corrected chi connectivity index (χ4v) is 4.00. The molecule has 3 rings (SSSR count). The molecule has 1 aliphatic heterocycles. The van der Waals surface area contributed by atoms with Crippen molar-refractivity contribution in [3.8, 4) is 0 Å². The number of hydrogen-bond donors (Lipinski definition) is 1. The zero-order valence-corrected chi connectivity index (χ0v) is 22.3. The average molecular weight is 548 g/mol. The molecule has 0 aromatic heterocycles. The van der Waals surface area contributed by atoms with Gasteiger partial charge in [0.2, 0.25) is 0 Å². The van der Waals surface area contributed by atoms with E-state index in [1.165, 1.54) is 0 Å². The predicted molar refractivity (Wildman–Crippen MR) is 147 cm³/mol. The molecule has 1 saturated heterocycles. The molecular weight excluding hydrogens is 514 g/mol. The lowest BCUT2D eigenvalue weighted by Crippen LogP contribution is -2.31. The Morgan fingerprint density at radius 3 is 1.85 bits per heavy atom. The van der Waals surface area contributed by atoms with Crippen molar-refractivity contribution in [2.75, 3.05) is 6.54 Å². The van der Waals surface area contributed by atoms with Gasteiger partial charge < -0.3 is 10.2 Å². The van der Waals surface area contributed by atoms with E-state index in [2.05, 4.69) is 25.6 Å². The molecule has 0 bridgehead atoms. The lowest BCUT2D eigenvalue weighted by atomic mass is 10.1.